The van der Waals surface area contributed by atoms with Gasteiger partial charge >= 0.3 is 5.97 Å². The molecule has 1 unspecified atom stereocenters. The van der Waals surface area contributed by atoms with Crippen LogP contribution in [0.4, 0.5) is 0 Å². The van der Waals surface area contributed by atoms with Crippen LogP contribution < -0.4 is 4.72 Å². The normalized spacial score (nSPS) is 21.4. The first-order valence-corrected chi connectivity index (χ1v) is 7.04. The molecule has 2 N–H and O–H groups in total. The molecule has 1 aliphatic carbocycles. The second-order valence-electron chi connectivity index (χ2n) is 4.37. The first-order chi connectivity index (χ1) is 7.84. The lowest BCUT2D eigenvalue weighted by Crippen LogP contribution is -2.57. The van der Waals surface area contributed by atoms with Crippen LogP contribution in [0.25, 0.3) is 0 Å². The van der Waals surface area contributed by atoms with Crippen molar-refractivity contribution in [2.75, 3.05) is 0 Å². The maximum absolute atomic E-state index is 11.7. The molecule has 0 heterocycles. The van der Waals surface area contributed by atoms with E-state index in [9.17, 15) is 18.3 Å². The Hall–Kier alpha value is -1.13. The zero-order chi connectivity index (χ0) is 13.1. The van der Waals surface area contributed by atoms with Crippen molar-refractivity contribution in [3.63, 3.8) is 0 Å². The smallest absolute Gasteiger partial charge is 0.324 e. The summed E-state index contributed by atoms with van der Waals surface area (Å²) >= 11 is 0. The number of hydrogen-bond acceptors (Lipinski definition) is 4. The molecule has 1 atom stereocenters. The Morgan fingerprint density at radius 2 is 1.94 bits per heavy atom. The number of rotatable bonds is 4. The highest BCUT2D eigenvalue weighted by molar-refractivity contribution is 7.90. The van der Waals surface area contributed by atoms with Crippen LogP contribution in [0.5, 0.6) is 0 Å². The van der Waals surface area contributed by atoms with Gasteiger partial charge in [-0.3, -0.25) is 4.79 Å². The average molecular weight is 260 g/mol. The summed E-state index contributed by atoms with van der Waals surface area (Å²) in [5.41, 5.74) is -1.43. The van der Waals surface area contributed by atoms with Crippen LogP contribution in [0.15, 0.2) is 0 Å². The van der Waals surface area contributed by atoms with Crippen molar-refractivity contribution in [2.24, 2.45) is 0 Å². The van der Waals surface area contributed by atoms with E-state index in [0.29, 0.717) is 12.8 Å². The van der Waals surface area contributed by atoms with Crippen LogP contribution in [0.3, 0.4) is 0 Å². The fourth-order valence-electron chi connectivity index (χ4n) is 1.95. The molecule has 0 aromatic carbocycles. The van der Waals surface area contributed by atoms with Gasteiger partial charge in [0.05, 0.1) is 6.07 Å². The molecule has 7 heteroatoms. The Morgan fingerprint density at radius 3 is 2.35 bits per heavy atom. The predicted molar refractivity (Wildman–Crippen MR) is 60.6 cm³/mol. The highest BCUT2D eigenvalue weighted by Gasteiger charge is 2.44. The van der Waals surface area contributed by atoms with Gasteiger partial charge in [0.15, 0.2) is 5.25 Å². The summed E-state index contributed by atoms with van der Waals surface area (Å²) in [5.74, 6) is -1.16. The number of nitriles is 1. The molecule has 1 rings (SSSR count). The van der Waals surface area contributed by atoms with Crippen molar-refractivity contribution in [3.8, 4) is 6.07 Å². The van der Waals surface area contributed by atoms with E-state index >= 15 is 0 Å². The topological polar surface area (TPSA) is 107 Å². The number of carboxylic acid groups (broad SMARTS) is 1. The first-order valence-electron chi connectivity index (χ1n) is 5.50. The number of hydrogen-bond donors (Lipinski definition) is 2. The van der Waals surface area contributed by atoms with Crippen LogP contribution in [-0.4, -0.2) is 30.3 Å². The van der Waals surface area contributed by atoms with E-state index in [4.69, 9.17) is 5.26 Å². The lowest BCUT2D eigenvalue weighted by molar-refractivity contribution is -0.145. The highest BCUT2D eigenvalue weighted by atomic mass is 32.2. The van der Waals surface area contributed by atoms with Crippen LogP contribution in [-0.2, 0) is 14.8 Å². The number of nitrogens with one attached hydrogen (secondary N) is 1. The zero-order valence-electron chi connectivity index (χ0n) is 9.64. The summed E-state index contributed by atoms with van der Waals surface area (Å²) in [7, 11) is -3.91. The van der Waals surface area contributed by atoms with Crippen molar-refractivity contribution >= 4 is 16.0 Å². The molecule has 1 saturated carbocycles. The van der Waals surface area contributed by atoms with Gasteiger partial charge in [0, 0.05) is 0 Å². The molecule has 1 aliphatic rings. The van der Waals surface area contributed by atoms with Crippen molar-refractivity contribution in [1.29, 1.82) is 5.26 Å². The Morgan fingerprint density at radius 1 is 1.41 bits per heavy atom. The number of aliphatic carboxylic acids is 1. The van der Waals surface area contributed by atoms with E-state index < -0.39 is 26.8 Å². The van der Waals surface area contributed by atoms with Crippen molar-refractivity contribution in [2.45, 2.75) is 49.8 Å². The van der Waals surface area contributed by atoms with Crippen LogP contribution in [0.2, 0.25) is 0 Å². The molecule has 17 heavy (non-hydrogen) atoms. The fraction of sp³-hybridized carbons (Fsp3) is 0.800. The van der Waals surface area contributed by atoms with Crippen molar-refractivity contribution in [1.82, 2.24) is 4.72 Å². The first kappa shape index (κ1) is 13.9. The molecule has 0 amide bonds. The van der Waals surface area contributed by atoms with Gasteiger partial charge in [0.2, 0.25) is 10.0 Å². The summed E-state index contributed by atoms with van der Waals surface area (Å²) < 4.78 is 25.7. The molecule has 0 bridgehead atoms. The molecule has 96 valence electrons. The van der Waals surface area contributed by atoms with Gasteiger partial charge in [0.25, 0.3) is 0 Å². The third-order valence-corrected chi connectivity index (χ3v) is 4.81. The van der Waals surface area contributed by atoms with Gasteiger partial charge in [0.1, 0.15) is 5.54 Å². The number of sulfonamides is 1. The summed E-state index contributed by atoms with van der Waals surface area (Å²) in [6.45, 7) is 1.24. The number of nitrogens with zero attached hydrogens (tertiary/aromatic N) is 1. The molecule has 0 saturated heterocycles. The van der Waals surface area contributed by atoms with Crippen LogP contribution in [0.1, 0.15) is 39.0 Å². The Bertz CT molecular complexity index is 432. The summed E-state index contributed by atoms with van der Waals surface area (Å²) in [4.78, 5) is 11.3. The van der Waals surface area contributed by atoms with Crippen molar-refractivity contribution in [3.05, 3.63) is 0 Å². The zero-order valence-corrected chi connectivity index (χ0v) is 10.5. The molecule has 6 nitrogen and oxygen atoms in total. The molecule has 1 fully saturated rings. The number of carbonyl (C=O) groups is 1. The standard InChI is InChI=1S/C10H16N2O4S/c1-8(7-11)17(15,16)12-10(9(13)14)5-3-2-4-6-10/h8,12H,2-6H2,1H3,(H,13,14). The summed E-state index contributed by atoms with van der Waals surface area (Å²) in [6.07, 6.45) is 2.81. The molecule has 0 aromatic rings. The molecule has 0 aromatic heterocycles. The van der Waals surface area contributed by atoms with E-state index in [1.807, 2.05) is 0 Å². The summed E-state index contributed by atoms with van der Waals surface area (Å²) in [5, 5.41) is 16.6. The molecule has 0 aliphatic heterocycles. The minimum absolute atomic E-state index is 0.277. The predicted octanol–water partition coefficient (Wildman–Crippen LogP) is 0.605. The second kappa shape index (κ2) is 5.02. The van der Waals surface area contributed by atoms with Gasteiger partial charge in [-0.15, -0.1) is 0 Å². The molecular weight excluding hydrogens is 244 g/mol. The van der Waals surface area contributed by atoms with E-state index in [2.05, 4.69) is 4.72 Å². The lowest BCUT2D eigenvalue weighted by Gasteiger charge is -2.33. The average Bonchev–Trinajstić information content (AvgIpc) is 2.28. The third-order valence-electron chi connectivity index (χ3n) is 3.10. The van der Waals surface area contributed by atoms with Gasteiger partial charge in [-0.05, 0) is 19.8 Å². The van der Waals surface area contributed by atoms with Crippen molar-refractivity contribution < 1.29 is 18.3 Å². The SMILES string of the molecule is CC(C#N)S(=O)(=O)NC1(C(=O)O)CCCCC1. The van der Waals surface area contributed by atoms with E-state index in [1.54, 1.807) is 6.07 Å². The monoisotopic (exact) mass is 260 g/mol. The lowest BCUT2D eigenvalue weighted by atomic mass is 9.83. The van der Waals surface area contributed by atoms with E-state index in [1.165, 1.54) is 6.92 Å². The van der Waals surface area contributed by atoms with Crippen LogP contribution in [0, 0.1) is 11.3 Å². The van der Waals surface area contributed by atoms with Crippen LogP contribution >= 0.6 is 0 Å². The van der Waals surface area contributed by atoms with Gasteiger partial charge in [-0.2, -0.15) is 9.98 Å². The molecule has 0 radical (unpaired) electrons. The minimum atomic E-state index is -3.91. The quantitative estimate of drug-likeness (QED) is 0.769. The van der Waals surface area contributed by atoms with Gasteiger partial charge in [-0.1, -0.05) is 19.3 Å². The Labute approximate surface area is 101 Å². The molecule has 0 spiro atoms. The van der Waals surface area contributed by atoms with E-state index in [-0.39, 0.29) is 12.8 Å². The second-order valence-corrected chi connectivity index (χ2v) is 6.37. The van der Waals surface area contributed by atoms with Gasteiger partial charge < -0.3 is 5.11 Å². The Balaban J connectivity index is 2.96. The van der Waals surface area contributed by atoms with E-state index in [0.717, 1.165) is 6.42 Å². The maximum Gasteiger partial charge on any atom is 0.324 e. The maximum atomic E-state index is 11.7. The Kier molecular flexibility index (Phi) is 4.11. The largest absolute Gasteiger partial charge is 0.480 e. The minimum Gasteiger partial charge on any atom is -0.480 e. The highest BCUT2D eigenvalue weighted by Crippen LogP contribution is 2.29. The number of carboxylic acids is 1. The summed E-state index contributed by atoms with van der Waals surface area (Å²) in [6, 6.07) is 1.61. The fourth-order valence-corrected chi connectivity index (χ4v) is 3.10. The molecular formula is C10H16N2O4S. The third kappa shape index (κ3) is 2.96. The van der Waals surface area contributed by atoms with Gasteiger partial charge in [-0.25, -0.2) is 8.42 Å².